The first kappa shape index (κ1) is 19.7. The lowest BCUT2D eigenvalue weighted by atomic mass is 9.95. The summed E-state index contributed by atoms with van der Waals surface area (Å²) in [6.07, 6.45) is 1.63. The number of hydrogen-bond acceptors (Lipinski definition) is 4. The summed E-state index contributed by atoms with van der Waals surface area (Å²) in [5.41, 5.74) is 0.696. The summed E-state index contributed by atoms with van der Waals surface area (Å²) in [6.45, 7) is 1.82. The number of nitrogens with zero attached hydrogens (tertiary/aromatic N) is 1. The minimum atomic E-state index is -0.101. The van der Waals surface area contributed by atoms with Crippen LogP contribution in [0.4, 0.5) is 0 Å². The van der Waals surface area contributed by atoms with Crippen molar-refractivity contribution < 1.29 is 19.4 Å². The van der Waals surface area contributed by atoms with E-state index in [1.165, 1.54) is 0 Å². The number of rotatable bonds is 7. The van der Waals surface area contributed by atoms with E-state index in [0.717, 1.165) is 5.75 Å². The van der Waals surface area contributed by atoms with Crippen molar-refractivity contribution in [3.8, 4) is 11.5 Å². The summed E-state index contributed by atoms with van der Waals surface area (Å²) in [7, 11) is 0. The van der Waals surface area contributed by atoms with Crippen molar-refractivity contribution in [3.05, 3.63) is 60.2 Å². The quantitative estimate of drug-likeness (QED) is 0.772. The molecule has 0 bridgehead atoms. The molecule has 1 saturated heterocycles. The van der Waals surface area contributed by atoms with Crippen LogP contribution in [0.25, 0.3) is 0 Å². The fraction of sp³-hybridized carbons (Fsp3) is 0.364. The van der Waals surface area contributed by atoms with Crippen LogP contribution in [0, 0.1) is 5.92 Å². The van der Waals surface area contributed by atoms with E-state index in [0.29, 0.717) is 51.1 Å². The molecule has 0 radical (unpaired) electrons. The number of piperidine rings is 1. The molecule has 3 rings (SSSR count). The molecule has 1 heterocycles. The number of para-hydroxylation sites is 2. The van der Waals surface area contributed by atoms with Crippen LogP contribution in [0.1, 0.15) is 24.8 Å². The van der Waals surface area contributed by atoms with Gasteiger partial charge in [-0.25, -0.2) is 0 Å². The van der Waals surface area contributed by atoms with Gasteiger partial charge in [-0.05, 0) is 31.0 Å². The molecule has 1 aliphatic heterocycles. The zero-order valence-electron chi connectivity index (χ0n) is 15.8. The maximum Gasteiger partial charge on any atom is 0.225 e. The third-order valence-corrected chi connectivity index (χ3v) is 4.99. The molecule has 6 nitrogen and oxygen atoms in total. The highest BCUT2D eigenvalue weighted by Crippen LogP contribution is 2.20. The first-order valence-corrected chi connectivity index (χ1v) is 9.63. The van der Waals surface area contributed by atoms with Gasteiger partial charge in [0.15, 0.2) is 0 Å². The van der Waals surface area contributed by atoms with E-state index in [4.69, 9.17) is 4.74 Å². The van der Waals surface area contributed by atoms with E-state index in [-0.39, 0.29) is 23.5 Å². The van der Waals surface area contributed by atoms with E-state index in [1.54, 1.807) is 23.1 Å². The largest absolute Gasteiger partial charge is 0.508 e. The number of ether oxygens (including phenoxy) is 1. The monoisotopic (exact) mass is 382 g/mol. The number of benzene rings is 2. The van der Waals surface area contributed by atoms with Crippen molar-refractivity contribution in [2.45, 2.75) is 25.8 Å². The Morgan fingerprint density at radius 3 is 2.43 bits per heavy atom. The van der Waals surface area contributed by atoms with E-state index < -0.39 is 0 Å². The van der Waals surface area contributed by atoms with Gasteiger partial charge in [0.05, 0.1) is 13.0 Å². The number of phenols is 1. The highest BCUT2D eigenvalue weighted by Gasteiger charge is 2.27. The maximum atomic E-state index is 12.4. The molecule has 0 saturated carbocycles. The van der Waals surface area contributed by atoms with Crippen LogP contribution in [0.15, 0.2) is 54.6 Å². The van der Waals surface area contributed by atoms with E-state index in [1.807, 2.05) is 36.4 Å². The van der Waals surface area contributed by atoms with Gasteiger partial charge in [-0.15, -0.1) is 0 Å². The second-order valence-electron chi connectivity index (χ2n) is 6.91. The SMILES string of the molecule is O=C(NCc1ccccc1O)C1CCN(C(=O)CCOc2ccccc2)CC1. The van der Waals surface area contributed by atoms with E-state index in [2.05, 4.69) is 5.32 Å². The fourth-order valence-corrected chi connectivity index (χ4v) is 3.31. The van der Waals surface area contributed by atoms with Gasteiger partial charge in [0, 0.05) is 31.1 Å². The van der Waals surface area contributed by atoms with Crippen molar-refractivity contribution >= 4 is 11.8 Å². The predicted molar refractivity (Wildman–Crippen MR) is 106 cm³/mol. The number of likely N-dealkylation sites (tertiary alicyclic amines) is 1. The molecule has 0 spiro atoms. The standard InChI is InChI=1S/C22H26N2O4/c25-20-9-5-4-6-18(20)16-23-22(27)17-10-13-24(14-11-17)21(26)12-15-28-19-7-2-1-3-8-19/h1-9,17,25H,10-16H2,(H,23,27). The minimum absolute atomic E-state index is 0.0252. The molecular formula is C22H26N2O4. The molecule has 0 aliphatic carbocycles. The summed E-state index contributed by atoms with van der Waals surface area (Å²) < 4.78 is 5.58. The molecule has 148 valence electrons. The molecule has 1 aliphatic rings. The summed E-state index contributed by atoms with van der Waals surface area (Å²) in [6, 6.07) is 16.4. The molecule has 6 heteroatoms. The lowest BCUT2D eigenvalue weighted by Crippen LogP contribution is -2.43. The lowest BCUT2D eigenvalue weighted by molar-refractivity contribution is -0.136. The van der Waals surface area contributed by atoms with Gasteiger partial charge in [-0.3, -0.25) is 9.59 Å². The van der Waals surface area contributed by atoms with Crippen LogP contribution < -0.4 is 10.1 Å². The zero-order chi connectivity index (χ0) is 19.8. The van der Waals surface area contributed by atoms with Crippen LogP contribution in [0.5, 0.6) is 11.5 Å². The van der Waals surface area contributed by atoms with Gasteiger partial charge in [0.25, 0.3) is 0 Å². The van der Waals surface area contributed by atoms with Crippen LogP contribution in [0.3, 0.4) is 0 Å². The summed E-state index contributed by atoms with van der Waals surface area (Å²) >= 11 is 0. The number of aromatic hydroxyl groups is 1. The van der Waals surface area contributed by atoms with Gasteiger partial charge in [-0.2, -0.15) is 0 Å². The fourth-order valence-electron chi connectivity index (χ4n) is 3.31. The number of phenolic OH excluding ortho intramolecular Hbond substituents is 1. The first-order valence-electron chi connectivity index (χ1n) is 9.63. The number of carbonyl (C=O) groups is 2. The number of amides is 2. The van der Waals surface area contributed by atoms with Gasteiger partial charge in [0.1, 0.15) is 11.5 Å². The van der Waals surface area contributed by atoms with Gasteiger partial charge in [0.2, 0.25) is 11.8 Å². The molecule has 2 amide bonds. The Balaban J connectivity index is 1.37. The molecular weight excluding hydrogens is 356 g/mol. The summed E-state index contributed by atoms with van der Waals surface area (Å²) in [5, 5.41) is 12.7. The highest BCUT2D eigenvalue weighted by atomic mass is 16.5. The summed E-state index contributed by atoms with van der Waals surface area (Å²) in [4.78, 5) is 26.5. The molecule has 2 N–H and O–H groups in total. The smallest absolute Gasteiger partial charge is 0.225 e. The van der Waals surface area contributed by atoms with Gasteiger partial charge >= 0.3 is 0 Å². The second-order valence-corrected chi connectivity index (χ2v) is 6.91. The van der Waals surface area contributed by atoms with Gasteiger partial charge < -0.3 is 20.1 Å². The van der Waals surface area contributed by atoms with E-state index >= 15 is 0 Å². The number of carbonyl (C=O) groups excluding carboxylic acids is 2. The van der Waals surface area contributed by atoms with Crippen LogP contribution in [-0.4, -0.2) is 41.5 Å². The molecule has 0 atom stereocenters. The Bertz CT molecular complexity index is 786. The first-order chi connectivity index (χ1) is 13.6. The second kappa shape index (κ2) is 9.78. The average Bonchev–Trinajstić information content (AvgIpc) is 2.74. The Kier molecular flexibility index (Phi) is 6.89. The molecule has 28 heavy (non-hydrogen) atoms. The molecule has 0 unspecified atom stereocenters. The molecule has 1 fully saturated rings. The van der Waals surface area contributed by atoms with Crippen molar-refractivity contribution in [1.29, 1.82) is 0 Å². The molecule has 2 aromatic carbocycles. The number of nitrogens with one attached hydrogen (secondary N) is 1. The van der Waals surface area contributed by atoms with Crippen LogP contribution >= 0.6 is 0 Å². The maximum absolute atomic E-state index is 12.4. The Morgan fingerprint density at radius 1 is 1.04 bits per heavy atom. The molecule has 0 aromatic heterocycles. The Hall–Kier alpha value is -3.02. The Labute approximate surface area is 165 Å². The van der Waals surface area contributed by atoms with Crippen molar-refractivity contribution in [1.82, 2.24) is 10.2 Å². The third kappa shape index (κ3) is 5.49. The van der Waals surface area contributed by atoms with Crippen molar-refractivity contribution in [3.63, 3.8) is 0 Å². The normalized spacial score (nSPS) is 14.5. The molecule has 2 aromatic rings. The van der Waals surface area contributed by atoms with Crippen LogP contribution in [0.2, 0.25) is 0 Å². The predicted octanol–water partition coefficient (Wildman–Crippen LogP) is 2.72. The zero-order valence-corrected chi connectivity index (χ0v) is 15.8. The topological polar surface area (TPSA) is 78.9 Å². The van der Waals surface area contributed by atoms with Gasteiger partial charge in [-0.1, -0.05) is 36.4 Å². The Morgan fingerprint density at radius 2 is 1.71 bits per heavy atom. The number of hydrogen-bond donors (Lipinski definition) is 2. The minimum Gasteiger partial charge on any atom is -0.508 e. The third-order valence-electron chi connectivity index (χ3n) is 4.99. The van der Waals surface area contributed by atoms with Crippen LogP contribution in [-0.2, 0) is 16.1 Å². The van der Waals surface area contributed by atoms with E-state index in [9.17, 15) is 14.7 Å². The lowest BCUT2D eigenvalue weighted by Gasteiger charge is -2.31. The van der Waals surface area contributed by atoms with Crippen molar-refractivity contribution in [2.75, 3.05) is 19.7 Å². The highest BCUT2D eigenvalue weighted by molar-refractivity contribution is 5.80. The average molecular weight is 382 g/mol. The summed E-state index contributed by atoms with van der Waals surface area (Å²) in [5.74, 6) is 0.873. The van der Waals surface area contributed by atoms with Crippen molar-refractivity contribution in [2.24, 2.45) is 5.92 Å².